The van der Waals surface area contributed by atoms with Gasteiger partial charge in [-0.05, 0) is 52.7 Å². The Morgan fingerprint density at radius 2 is 1.64 bits per heavy atom. The number of benzene rings is 1. The van der Waals surface area contributed by atoms with Gasteiger partial charge in [0.2, 0.25) is 0 Å². The number of carbonyl (C=O) groups is 3. The summed E-state index contributed by atoms with van der Waals surface area (Å²) in [7, 11) is 0. The van der Waals surface area contributed by atoms with Crippen molar-refractivity contribution in [3.8, 4) is 0 Å². The van der Waals surface area contributed by atoms with Crippen molar-refractivity contribution < 1.29 is 19.5 Å². The molecule has 1 aliphatic heterocycles. The van der Waals surface area contributed by atoms with Gasteiger partial charge in [0.15, 0.2) is 0 Å². The van der Waals surface area contributed by atoms with E-state index in [0.29, 0.717) is 24.9 Å². The molecule has 136 valence electrons. The SMILES string of the molecule is CC(C)N(C(=O)c1ccccc1C(=O)N1CCC[C@H]1C(=O)O)C(C)C. The van der Waals surface area contributed by atoms with Crippen LogP contribution in [0.4, 0.5) is 0 Å². The number of carbonyl (C=O) groups excluding carboxylic acids is 2. The summed E-state index contributed by atoms with van der Waals surface area (Å²) in [5, 5.41) is 9.32. The van der Waals surface area contributed by atoms with Crippen LogP contribution in [-0.4, -0.2) is 57.4 Å². The molecule has 6 nitrogen and oxygen atoms in total. The van der Waals surface area contributed by atoms with Crippen molar-refractivity contribution in [2.45, 2.75) is 58.7 Å². The molecule has 0 bridgehead atoms. The Kier molecular flexibility index (Phi) is 5.82. The van der Waals surface area contributed by atoms with Gasteiger partial charge in [0.1, 0.15) is 6.04 Å². The van der Waals surface area contributed by atoms with E-state index in [9.17, 15) is 19.5 Å². The van der Waals surface area contributed by atoms with Crippen LogP contribution in [0.5, 0.6) is 0 Å². The molecule has 2 rings (SSSR count). The summed E-state index contributed by atoms with van der Waals surface area (Å²) in [6.45, 7) is 8.13. The third kappa shape index (κ3) is 3.83. The number of hydrogen-bond acceptors (Lipinski definition) is 3. The lowest BCUT2D eigenvalue weighted by Gasteiger charge is -2.32. The van der Waals surface area contributed by atoms with E-state index in [-0.39, 0.29) is 29.5 Å². The summed E-state index contributed by atoms with van der Waals surface area (Å²) in [6, 6.07) is 5.84. The Hall–Kier alpha value is -2.37. The third-order valence-corrected chi connectivity index (χ3v) is 4.53. The minimum absolute atomic E-state index is 0.00536. The van der Waals surface area contributed by atoms with E-state index in [2.05, 4.69) is 0 Å². The van der Waals surface area contributed by atoms with Gasteiger partial charge in [0.25, 0.3) is 11.8 Å². The molecule has 6 heteroatoms. The van der Waals surface area contributed by atoms with Crippen LogP contribution in [0.3, 0.4) is 0 Å². The predicted molar refractivity (Wildman–Crippen MR) is 94.6 cm³/mol. The van der Waals surface area contributed by atoms with Crippen LogP contribution in [0.2, 0.25) is 0 Å². The molecule has 2 amide bonds. The monoisotopic (exact) mass is 346 g/mol. The number of likely N-dealkylation sites (tertiary alicyclic amines) is 1. The minimum Gasteiger partial charge on any atom is -0.480 e. The summed E-state index contributed by atoms with van der Waals surface area (Å²) in [5.74, 6) is -1.60. The second kappa shape index (κ2) is 7.68. The molecule has 1 aromatic rings. The molecule has 0 saturated carbocycles. The molecule has 1 saturated heterocycles. The van der Waals surface area contributed by atoms with Crippen LogP contribution < -0.4 is 0 Å². The van der Waals surface area contributed by atoms with E-state index in [4.69, 9.17) is 0 Å². The first-order valence-corrected chi connectivity index (χ1v) is 8.71. The molecule has 1 N–H and O–H groups in total. The van der Waals surface area contributed by atoms with E-state index in [1.165, 1.54) is 4.90 Å². The Morgan fingerprint density at radius 1 is 1.08 bits per heavy atom. The number of rotatable bonds is 5. The van der Waals surface area contributed by atoms with Gasteiger partial charge >= 0.3 is 5.97 Å². The van der Waals surface area contributed by atoms with Crippen molar-refractivity contribution in [2.24, 2.45) is 0 Å². The summed E-state index contributed by atoms with van der Waals surface area (Å²) >= 11 is 0. The molecule has 0 spiro atoms. The number of carboxylic acid groups (broad SMARTS) is 1. The molecule has 1 aliphatic rings. The number of hydrogen-bond donors (Lipinski definition) is 1. The van der Waals surface area contributed by atoms with Crippen LogP contribution in [-0.2, 0) is 4.79 Å². The van der Waals surface area contributed by atoms with Gasteiger partial charge < -0.3 is 14.9 Å². The predicted octanol–water partition coefficient (Wildman–Crippen LogP) is 2.63. The van der Waals surface area contributed by atoms with Gasteiger partial charge in [0.05, 0.1) is 11.1 Å². The van der Waals surface area contributed by atoms with E-state index >= 15 is 0 Å². The van der Waals surface area contributed by atoms with Crippen LogP contribution in [0.25, 0.3) is 0 Å². The fourth-order valence-corrected chi connectivity index (χ4v) is 3.48. The average Bonchev–Trinajstić information content (AvgIpc) is 3.03. The summed E-state index contributed by atoms with van der Waals surface area (Å²) in [4.78, 5) is 40.4. The quantitative estimate of drug-likeness (QED) is 0.889. The lowest BCUT2D eigenvalue weighted by molar-refractivity contribution is -0.141. The molecular weight excluding hydrogens is 320 g/mol. The van der Waals surface area contributed by atoms with Gasteiger partial charge in [-0.3, -0.25) is 9.59 Å². The normalized spacial score (nSPS) is 17.2. The lowest BCUT2D eigenvalue weighted by Crippen LogP contribution is -2.44. The number of aliphatic carboxylic acids is 1. The maximum absolute atomic E-state index is 13.0. The van der Waals surface area contributed by atoms with Crippen molar-refractivity contribution >= 4 is 17.8 Å². The highest BCUT2D eigenvalue weighted by molar-refractivity contribution is 6.08. The zero-order valence-electron chi connectivity index (χ0n) is 15.2. The third-order valence-electron chi connectivity index (χ3n) is 4.53. The molecule has 0 aromatic heterocycles. The first-order valence-electron chi connectivity index (χ1n) is 8.71. The summed E-state index contributed by atoms with van der Waals surface area (Å²) < 4.78 is 0. The van der Waals surface area contributed by atoms with Gasteiger partial charge in [-0.25, -0.2) is 4.79 Å². The van der Waals surface area contributed by atoms with Crippen molar-refractivity contribution in [1.82, 2.24) is 9.80 Å². The smallest absolute Gasteiger partial charge is 0.326 e. The zero-order chi connectivity index (χ0) is 18.7. The molecule has 1 fully saturated rings. The molecule has 1 aromatic carbocycles. The highest BCUT2D eigenvalue weighted by Crippen LogP contribution is 2.23. The average molecular weight is 346 g/mol. The molecule has 1 atom stereocenters. The lowest BCUT2D eigenvalue weighted by atomic mass is 10.0. The molecule has 25 heavy (non-hydrogen) atoms. The van der Waals surface area contributed by atoms with Crippen molar-refractivity contribution in [1.29, 1.82) is 0 Å². The molecule has 0 aliphatic carbocycles. The number of nitrogens with zero attached hydrogens (tertiary/aromatic N) is 2. The first kappa shape index (κ1) is 19.0. The maximum Gasteiger partial charge on any atom is 0.326 e. The Morgan fingerprint density at radius 3 is 2.16 bits per heavy atom. The van der Waals surface area contributed by atoms with Crippen molar-refractivity contribution in [3.63, 3.8) is 0 Å². The summed E-state index contributed by atoms with van der Waals surface area (Å²) in [5.41, 5.74) is 0.595. The first-order chi connectivity index (χ1) is 11.8. The molecule has 1 heterocycles. The molecule has 0 unspecified atom stereocenters. The largest absolute Gasteiger partial charge is 0.480 e. The highest BCUT2D eigenvalue weighted by Gasteiger charge is 2.36. The van der Waals surface area contributed by atoms with Crippen LogP contribution in [0, 0.1) is 0 Å². The van der Waals surface area contributed by atoms with Crippen LogP contribution in [0.15, 0.2) is 24.3 Å². The van der Waals surface area contributed by atoms with E-state index in [1.54, 1.807) is 29.2 Å². The van der Waals surface area contributed by atoms with Crippen molar-refractivity contribution in [2.75, 3.05) is 6.54 Å². The second-order valence-corrected chi connectivity index (χ2v) is 6.94. The van der Waals surface area contributed by atoms with Gasteiger partial charge in [0, 0.05) is 18.6 Å². The Balaban J connectivity index is 2.39. The van der Waals surface area contributed by atoms with Gasteiger partial charge in [-0.15, -0.1) is 0 Å². The van der Waals surface area contributed by atoms with Gasteiger partial charge in [-0.1, -0.05) is 12.1 Å². The maximum atomic E-state index is 13.0. The number of carboxylic acids is 1. The Bertz CT molecular complexity index is 661. The van der Waals surface area contributed by atoms with Crippen molar-refractivity contribution in [3.05, 3.63) is 35.4 Å². The van der Waals surface area contributed by atoms with E-state index in [0.717, 1.165) is 0 Å². The topological polar surface area (TPSA) is 77.9 Å². The van der Waals surface area contributed by atoms with E-state index < -0.39 is 12.0 Å². The fraction of sp³-hybridized carbons (Fsp3) is 0.526. The zero-order valence-corrected chi connectivity index (χ0v) is 15.2. The summed E-state index contributed by atoms with van der Waals surface area (Å²) in [6.07, 6.45) is 1.10. The highest BCUT2D eigenvalue weighted by atomic mass is 16.4. The van der Waals surface area contributed by atoms with Gasteiger partial charge in [-0.2, -0.15) is 0 Å². The van der Waals surface area contributed by atoms with Crippen LogP contribution in [0.1, 0.15) is 61.3 Å². The standard InChI is InChI=1S/C19H26N2O4/c1-12(2)21(13(3)4)18(23)15-9-6-5-8-14(15)17(22)20-11-7-10-16(20)19(24)25/h5-6,8-9,12-13,16H,7,10-11H2,1-4H3,(H,24,25)/t16-/m0/s1. The second-order valence-electron chi connectivity index (χ2n) is 6.94. The molecular formula is C19H26N2O4. The number of amides is 2. The fourth-order valence-electron chi connectivity index (χ4n) is 3.48. The van der Waals surface area contributed by atoms with E-state index in [1.807, 2.05) is 27.7 Å². The minimum atomic E-state index is -0.999. The molecule has 0 radical (unpaired) electrons. The Labute approximate surface area is 148 Å². The van der Waals surface area contributed by atoms with Crippen LogP contribution >= 0.6 is 0 Å².